The minimum Gasteiger partial charge on any atom is -0.493 e. The molecule has 3 N–H and O–H groups in total. The number of hydrogen-bond donors (Lipinski definition) is 2. The first-order chi connectivity index (χ1) is 11.6. The number of rotatable bonds is 7. The van der Waals surface area contributed by atoms with E-state index in [1.54, 1.807) is 6.07 Å². The molecule has 2 aromatic carbocycles. The zero-order valence-electron chi connectivity index (χ0n) is 13.2. The normalized spacial score (nSPS) is 9.92. The van der Waals surface area contributed by atoms with Gasteiger partial charge in [-0.15, -0.1) is 0 Å². The Morgan fingerprint density at radius 3 is 2.50 bits per heavy atom. The average Bonchev–Trinajstić information content (AvgIpc) is 2.64. The van der Waals surface area contributed by atoms with Gasteiger partial charge in [0.05, 0.1) is 7.11 Å². The maximum atomic E-state index is 11.8. The molecule has 0 heterocycles. The average molecular weight is 330 g/mol. The molecule has 2 aromatic rings. The van der Waals surface area contributed by atoms with Crippen LogP contribution < -0.4 is 20.7 Å². The van der Waals surface area contributed by atoms with Crippen molar-refractivity contribution >= 4 is 11.9 Å². The lowest BCUT2D eigenvalue weighted by molar-refractivity contribution is -0.147. The molecule has 0 saturated heterocycles. The van der Waals surface area contributed by atoms with Crippen molar-refractivity contribution in [3.8, 4) is 11.5 Å². The fourth-order valence-corrected chi connectivity index (χ4v) is 1.93. The van der Waals surface area contributed by atoms with Crippen LogP contribution in [-0.4, -0.2) is 25.6 Å². The van der Waals surface area contributed by atoms with Gasteiger partial charge in [0.15, 0.2) is 18.1 Å². The molecule has 0 aliphatic carbocycles. The molecule has 0 fully saturated rings. The lowest BCUT2D eigenvalue weighted by Crippen LogP contribution is -2.30. The Hall–Kier alpha value is -3.06. The van der Waals surface area contributed by atoms with Gasteiger partial charge in [-0.25, -0.2) is 10.6 Å². The van der Waals surface area contributed by atoms with E-state index >= 15 is 0 Å². The highest BCUT2D eigenvalue weighted by molar-refractivity contribution is 5.94. The van der Waals surface area contributed by atoms with Crippen molar-refractivity contribution in [1.29, 1.82) is 0 Å². The molecule has 2 rings (SSSR count). The van der Waals surface area contributed by atoms with Gasteiger partial charge in [-0.1, -0.05) is 30.3 Å². The Morgan fingerprint density at radius 1 is 1.08 bits per heavy atom. The Kier molecular flexibility index (Phi) is 6.16. The second kappa shape index (κ2) is 8.54. The first-order valence-electron chi connectivity index (χ1n) is 7.15. The second-order valence-electron chi connectivity index (χ2n) is 4.77. The van der Waals surface area contributed by atoms with E-state index in [-0.39, 0.29) is 24.5 Å². The number of amides is 1. The molecule has 0 aliphatic heterocycles. The molecule has 0 unspecified atom stereocenters. The van der Waals surface area contributed by atoms with E-state index in [2.05, 4.69) is 0 Å². The molecule has 7 nitrogen and oxygen atoms in total. The van der Waals surface area contributed by atoms with Gasteiger partial charge in [0, 0.05) is 5.56 Å². The first kappa shape index (κ1) is 17.3. The van der Waals surface area contributed by atoms with Gasteiger partial charge in [0.2, 0.25) is 0 Å². The molecule has 126 valence electrons. The number of benzene rings is 2. The fourth-order valence-electron chi connectivity index (χ4n) is 1.93. The van der Waals surface area contributed by atoms with Crippen LogP contribution in [0.2, 0.25) is 0 Å². The first-order valence-corrected chi connectivity index (χ1v) is 7.15. The maximum Gasteiger partial charge on any atom is 0.344 e. The van der Waals surface area contributed by atoms with E-state index in [9.17, 15) is 9.59 Å². The Labute approximate surface area is 139 Å². The Bertz CT molecular complexity index is 703. The zero-order chi connectivity index (χ0) is 17.4. The van der Waals surface area contributed by atoms with E-state index in [4.69, 9.17) is 20.1 Å². The number of nitrogens with two attached hydrogens (primary N) is 1. The van der Waals surface area contributed by atoms with Crippen LogP contribution in [0.1, 0.15) is 15.9 Å². The number of carbonyl (C=O) groups is 2. The third kappa shape index (κ3) is 4.72. The highest BCUT2D eigenvalue weighted by Crippen LogP contribution is 2.28. The largest absolute Gasteiger partial charge is 0.493 e. The van der Waals surface area contributed by atoms with Gasteiger partial charge in [0.25, 0.3) is 5.91 Å². The summed E-state index contributed by atoms with van der Waals surface area (Å²) in [5, 5.41) is 0. The number of esters is 1. The summed E-state index contributed by atoms with van der Waals surface area (Å²) in [6.45, 7) is -0.146. The third-order valence-corrected chi connectivity index (χ3v) is 3.15. The standard InChI is InChI=1S/C17H18N2O5/c1-22-14-8-7-13(17(21)19-18)9-15(14)23-11-16(20)24-10-12-5-3-2-4-6-12/h2-9H,10-11,18H2,1H3,(H,19,21). The summed E-state index contributed by atoms with van der Waals surface area (Å²) in [4.78, 5) is 23.3. The number of hydrazine groups is 1. The molecular formula is C17H18N2O5. The third-order valence-electron chi connectivity index (χ3n) is 3.15. The van der Waals surface area contributed by atoms with E-state index in [0.717, 1.165) is 5.56 Å². The van der Waals surface area contributed by atoms with E-state index in [1.807, 2.05) is 35.8 Å². The Morgan fingerprint density at radius 2 is 1.83 bits per heavy atom. The van der Waals surface area contributed by atoms with Crippen molar-refractivity contribution < 1.29 is 23.8 Å². The number of ether oxygens (including phenoxy) is 3. The molecule has 24 heavy (non-hydrogen) atoms. The smallest absolute Gasteiger partial charge is 0.344 e. The molecule has 7 heteroatoms. The zero-order valence-corrected chi connectivity index (χ0v) is 13.2. The summed E-state index contributed by atoms with van der Waals surface area (Å²) >= 11 is 0. The van der Waals surface area contributed by atoms with Gasteiger partial charge in [-0.2, -0.15) is 0 Å². The van der Waals surface area contributed by atoms with Crippen LogP contribution in [0, 0.1) is 0 Å². The van der Waals surface area contributed by atoms with Crippen LogP contribution in [0.5, 0.6) is 11.5 Å². The van der Waals surface area contributed by atoms with E-state index in [1.165, 1.54) is 19.2 Å². The van der Waals surface area contributed by atoms with E-state index < -0.39 is 11.9 Å². The van der Waals surface area contributed by atoms with Crippen molar-refractivity contribution in [3.05, 3.63) is 59.7 Å². The predicted molar refractivity (Wildman–Crippen MR) is 86.4 cm³/mol. The molecule has 0 radical (unpaired) electrons. The van der Waals surface area contributed by atoms with Gasteiger partial charge in [-0.05, 0) is 23.8 Å². The van der Waals surface area contributed by atoms with Crippen LogP contribution in [0.3, 0.4) is 0 Å². The topological polar surface area (TPSA) is 99.9 Å². The van der Waals surface area contributed by atoms with Crippen LogP contribution >= 0.6 is 0 Å². The van der Waals surface area contributed by atoms with E-state index in [0.29, 0.717) is 5.75 Å². The lowest BCUT2D eigenvalue weighted by atomic mass is 10.2. The van der Waals surface area contributed by atoms with Gasteiger partial charge in [-0.3, -0.25) is 10.2 Å². The summed E-state index contributed by atoms with van der Waals surface area (Å²) in [6, 6.07) is 13.8. The summed E-state index contributed by atoms with van der Waals surface area (Å²) in [6.07, 6.45) is 0. The van der Waals surface area contributed by atoms with Crippen molar-refractivity contribution in [2.24, 2.45) is 5.84 Å². The second-order valence-corrected chi connectivity index (χ2v) is 4.77. The molecular weight excluding hydrogens is 312 g/mol. The highest BCUT2D eigenvalue weighted by Gasteiger charge is 2.12. The molecule has 0 aromatic heterocycles. The van der Waals surface area contributed by atoms with Gasteiger partial charge < -0.3 is 14.2 Å². The number of nitrogens with one attached hydrogen (secondary N) is 1. The van der Waals surface area contributed by atoms with Gasteiger partial charge in [0.1, 0.15) is 6.61 Å². The van der Waals surface area contributed by atoms with Crippen LogP contribution in [-0.2, 0) is 16.1 Å². The summed E-state index contributed by atoms with van der Waals surface area (Å²) in [5.41, 5.74) is 3.19. The minimum absolute atomic E-state index is 0.162. The summed E-state index contributed by atoms with van der Waals surface area (Å²) < 4.78 is 15.6. The summed E-state index contributed by atoms with van der Waals surface area (Å²) in [7, 11) is 1.46. The van der Waals surface area contributed by atoms with Crippen molar-refractivity contribution in [2.45, 2.75) is 6.61 Å². The quantitative estimate of drug-likeness (QED) is 0.345. The van der Waals surface area contributed by atoms with Crippen LogP contribution in [0.4, 0.5) is 0 Å². The van der Waals surface area contributed by atoms with Gasteiger partial charge >= 0.3 is 5.97 Å². The molecule has 0 aliphatic rings. The number of methoxy groups -OCH3 is 1. The van der Waals surface area contributed by atoms with Crippen molar-refractivity contribution in [3.63, 3.8) is 0 Å². The predicted octanol–water partition coefficient (Wildman–Crippen LogP) is 1.42. The molecule has 0 bridgehead atoms. The fraction of sp³-hybridized carbons (Fsp3) is 0.176. The van der Waals surface area contributed by atoms with Crippen molar-refractivity contribution in [1.82, 2.24) is 5.43 Å². The highest BCUT2D eigenvalue weighted by atomic mass is 16.6. The molecule has 0 atom stereocenters. The molecule has 0 spiro atoms. The number of hydrogen-bond acceptors (Lipinski definition) is 6. The number of carbonyl (C=O) groups excluding carboxylic acids is 2. The van der Waals surface area contributed by atoms with Crippen LogP contribution in [0.25, 0.3) is 0 Å². The lowest BCUT2D eigenvalue weighted by Gasteiger charge is -2.12. The number of nitrogen functional groups attached to an aromatic ring is 1. The molecule has 0 saturated carbocycles. The minimum atomic E-state index is -0.533. The summed E-state index contributed by atoms with van der Waals surface area (Å²) in [5.74, 6) is 4.72. The Balaban J connectivity index is 1.94. The van der Waals surface area contributed by atoms with Crippen molar-refractivity contribution in [2.75, 3.05) is 13.7 Å². The maximum absolute atomic E-state index is 11.8. The van der Waals surface area contributed by atoms with Crippen LogP contribution in [0.15, 0.2) is 48.5 Å². The SMILES string of the molecule is COc1ccc(C(=O)NN)cc1OCC(=O)OCc1ccccc1. The molecule has 1 amide bonds. The monoisotopic (exact) mass is 330 g/mol.